The molecule has 1 aliphatic rings. The molecule has 92 valence electrons. The molecule has 0 aromatic heterocycles. The highest BCUT2D eigenvalue weighted by Crippen LogP contribution is 2.20. The summed E-state index contributed by atoms with van der Waals surface area (Å²) in [5.74, 6) is -1.13. The van der Waals surface area contributed by atoms with Crippen molar-refractivity contribution in [3.05, 3.63) is 35.4 Å². The minimum Gasteiger partial charge on any atom is -0.360 e. The molecule has 2 nitrogen and oxygen atoms in total. The zero-order valence-electron chi connectivity index (χ0n) is 9.47. The van der Waals surface area contributed by atoms with E-state index in [4.69, 9.17) is 12.2 Å². The lowest BCUT2D eigenvalue weighted by atomic mass is 10.1. The monoisotopic (exact) mass is 256 g/mol. The van der Waals surface area contributed by atoms with E-state index in [1.807, 2.05) is 0 Å². The van der Waals surface area contributed by atoms with Crippen molar-refractivity contribution < 1.29 is 8.78 Å². The summed E-state index contributed by atoms with van der Waals surface area (Å²) in [7, 11) is 0. The number of benzene rings is 1. The van der Waals surface area contributed by atoms with Crippen molar-refractivity contribution in [1.82, 2.24) is 10.6 Å². The van der Waals surface area contributed by atoms with E-state index < -0.39 is 11.6 Å². The molecule has 5 heteroatoms. The van der Waals surface area contributed by atoms with Crippen LogP contribution in [0.2, 0.25) is 0 Å². The molecule has 1 saturated carbocycles. The molecule has 0 radical (unpaired) electrons. The first-order chi connectivity index (χ1) is 8.06. The van der Waals surface area contributed by atoms with Crippen LogP contribution in [0.5, 0.6) is 0 Å². The molecule has 2 rings (SSSR count). The van der Waals surface area contributed by atoms with Gasteiger partial charge in [0.2, 0.25) is 0 Å². The average Bonchev–Trinajstić information content (AvgIpc) is 3.00. The van der Waals surface area contributed by atoms with Crippen molar-refractivity contribution in [2.45, 2.75) is 31.8 Å². The fraction of sp³-hybridized carbons (Fsp3) is 0.417. The van der Waals surface area contributed by atoms with Crippen molar-refractivity contribution in [1.29, 1.82) is 0 Å². The van der Waals surface area contributed by atoms with Gasteiger partial charge in [-0.2, -0.15) is 0 Å². The van der Waals surface area contributed by atoms with Gasteiger partial charge in [-0.05, 0) is 38.0 Å². The highest BCUT2D eigenvalue weighted by molar-refractivity contribution is 7.80. The van der Waals surface area contributed by atoms with Gasteiger partial charge in [-0.1, -0.05) is 6.07 Å². The van der Waals surface area contributed by atoms with Gasteiger partial charge in [0.15, 0.2) is 5.11 Å². The van der Waals surface area contributed by atoms with Crippen LogP contribution in [0.4, 0.5) is 8.78 Å². The van der Waals surface area contributed by atoms with Crippen molar-refractivity contribution in [2.75, 3.05) is 0 Å². The third-order valence-corrected chi connectivity index (χ3v) is 2.92. The zero-order valence-corrected chi connectivity index (χ0v) is 10.3. The first-order valence-electron chi connectivity index (χ1n) is 5.58. The number of hydrogen-bond donors (Lipinski definition) is 2. The largest absolute Gasteiger partial charge is 0.360 e. The van der Waals surface area contributed by atoms with Gasteiger partial charge in [0.05, 0.1) is 6.04 Å². The van der Waals surface area contributed by atoms with Crippen LogP contribution < -0.4 is 10.6 Å². The number of rotatable bonds is 3. The van der Waals surface area contributed by atoms with Crippen LogP contribution in [-0.4, -0.2) is 11.2 Å². The summed E-state index contributed by atoms with van der Waals surface area (Å²) in [5, 5.41) is 6.61. The average molecular weight is 256 g/mol. The minimum absolute atomic E-state index is 0.283. The molecule has 0 unspecified atom stereocenters. The van der Waals surface area contributed by atoms with Crippen molar-refractivity contribution >= 4 is 17.3 Å². The highest BCUT2D eigenvalue weighted by atomic mass is 32.1. The number of nitrogens with one attached hydrogen (secondary N) is 2. The van der Waals surface area contributed by atoms with Crippen molar-refractivity contribution in [2.24, 2.45) is 0 Å². The predicted molar refractivity (Wildman–Crippen MR) is 66.7 cm³/mol. The van der Waals surface area contributed by atoms with Gasteiger partial charge >= 0.3 is 0 Å². The Morgan fingerprint density at radius 1 is 1.41 bits per heavy atom. The van der Waals surface area contributed by atoms with Gasteiger partial charge in [-0.3, -0.25) is 0 Å². The van der Waals surface area contributed by atoms with Crippen LogP contribution in [0.3, 0.4) is 0 Å². The Hall–Kier alpha value is -1.23. The van der Waals surface area contributed by atoms with Crippen LogP contribution in [0.15, 0.2) is 18.2 Å². The predicted octanol–water partition coefficient (Wildman–Crippen LogP) is 2.65. The highest BCUT2D eigenvalue weighted by Gasteiger charge is 2.22. The van der Waals surface area contributed by atoms with Crippen LogP contribution >= 0.6 is 12.2 Å². The molecular weight excluding hydrogens is 242 g/mol. The van der Waals surface area contributed by atoms with Gasteiger partial charge < -0.3 is 10.6 Å². The van der Waals surface area contributed by atoms with E-state index in [0.717, 1.165) is 18.9 Å². The lowest BCUT2D eigenvalue weighted by molar-refractivity contribution is 0.552. The van der Waals surface area contributed by atoms with Crippen LogP contribution in [0, 0.1) is 11.6 Å². The SMILES string of the molecule is C[C@@H](NC(=S)NC1CC1)c1ccc(F)cc1F. The van der Waals surface area contributed by atoms with E-state index in [2.05, 4.69) is 10.6 Å². The molecule has 2 N–H and O–H groups in total. The van der Waals surface area contributed by atoms with Gasteiger partial charge in [0.25, 0.3) is 0 Å². The van der Waals surface area contributed by atoms with Crippen LogP contribution in [0.25, 0.3) is 0 Å². The van der Waals surface area contributed by atoms with Crippen LogP contribution in [0.1, 0.15) is 31.4 Å². The lowest BCUT2D eigenvalue weighted by Crippen LogP contribution is -2.38. The second-order valence-corrected chi connectivity index (χ2v) is 4.69. The molecule has 0 bridgehead atoms. The summed E-state index contributed by atoms with van der Waals surface area (Å²) in [4.78, 5) is 0. The minimum atomic E-state index is -0.572. The molecular formula is C12H14F2N2S. The topological polar surface area (TPSA) is 24.1 Å². The maximum absolute atomic E-state index is 13.5. The number of halogens is 2. The van der Waals surface area contributed by atoms with Gasteiger partial charge in [-0.25, -0.2) is 8.78 Å². The smallest absolute Gasteiger partial charge is 0.166 e. The van der Waals surface area contributed by atoms with E-state index in [-0.39, 0.29) is 6.04 Å². The lowest BCUT2D eigenvalue weighted by Gasteiger charge is -2.17. The summed E-state index contributed by atoms with van der Waals surface area (Å²) >= 11 is 5.10. The molecule has 0 saturated heterocycles. The van der Waals surface area contributed by atoms with E-state index in [1.54, 1.807) is 6.92 Å². The fourth-order valence-corrected chi connectivity index (χ4v) is 1.93. The fourth-order valence-electron chi connectivity index (χ4n) is 1.58. The Balaban J connectivity index is 1.97. The molecule has 1 atom stereocenters. The van der Waals surface area contributed by atoms with Crippen LogP contribution in [-0.2, 0) is 0 Å². The van der Waals surface area contributed by atoms with E-state index in [1.165, 1.54) is 12.1 Å². The van der Waals surface area contributed by atoms with E-state index in [9.17, 15) is 8.78 Å². The van der Waals surface area contributed by atoms with Crippen molar-refractivity contribution in [3.8, 4) is 0 Å². The summed E-state index contributed by atoms with van der Waals surface area (Å²) in [6.45, 7) is 1.79. The number of thiocarbonyl (C=S) groups is 1. The second-order valence-electron chi connectivity index (χ2n) is 4.28. The molecule has 17 heavy (non-hydrogen) atoms. The first kappa shape index (κ1) is 12.2. The Labute approximate surface area is 104 Å². The second kappa shape index (κ2) is 4.96. The van der Waals surface area contributed by atoms with E-state index >= 15 is 0 Å². The van der Waals surface area contributed by atoms with Crippen molar-refractivity contribution in [3.63, 3.8) is 0 Å². The molecule has 0 heterocycles. The summed E-state index contributed by atoms with van der Waals surface area (Å²) < 4.78 is 26.2. The molecule has 1 aliphatic carbocycles. The molecule has 0 amide bonds. The first-order valence-corrected chi connectivity index (χ1v) is 5.99. The normalized spacial score (nSPS) is 16.4. The molecule has 1 aromatic carbocycles. The molecule has 1 fully saturated rings. The van der Waals surface area contributed by atoms with Gasteiger partial charge in [0.1, 0.15) is 11.6 Å². The Morgan fingerprint density at radius 3 is 2.71 bits per heavy atom. The number of hydrogen-bond acceptors (Lipinski definition) is 1. The quantitative estimate of drug-likeness (QED) is 0.813. The maximum atomic E-state index is 13.5. The third kappa shape index (κ3) is 3.36. The summed E-state index contributed by atoms with van der Waals surface area (Å²) in [6, 6.07) is 3.73. The van der Waals surface area contributed by atoms with E-state index in [0.29, 0.717) is 16.7 Å². The Bertz CT molecular complexity index is 433. The maximum Gasteiger partial charge on any atom is 0.166 e. The summed E-state index contributed by atoms with van der Waals surface area (Å²) in [6.07, 6.45) is 2.25. The Morgan fingerprint density at radius 2 is 2.12 bits per heavy atom. The molecule has 0 aliphatic heterocycles. The zero-order chi connectivity index (χ0) is 12.4. The van der Waals surface area contributed by atoms with Gasteiger partial charge in [0, 0.05) is 17.7 Å². The Kier molecular flexibility index (Phi) is 3.57. The molecule has 1 aromatic rings. The summed E-state index contributed by atoms with van der Waals surface area (Å²) in [5.41, 5.74) is 0.409. The standard InChI is InChI=1S/C12H14F2N2S/c1-7(15-12(17)16-9-3-4-9)10-5-2-8(13)6-11(10)14/h2,5-7,9H,3-4H2,1H3,(H2,15,16,17)/t7-/m1/s1. The molecule has 0 spiro atoms. The third-order valence-electron chi connectivity index (χ3n) is 2.69. The van der Waals surface area contributed by atoms with Gasteiger partial charge in [-0.15, -0.1) is 0 Å².